The second kappa shape index (κ2) is 9.67. The van der Waals surface area contributed by atoms with Crippen LogP contribution >= 0.6 is 0 Å². The van der Waals surface area contributed by atoms with Gasteiger partial charge in [0.15, 0.2) is 5.75 Å². The molecule has 1 heterocycles. The summed E-state index contributed by atoms with van der Waals surface area (Å²) < 4.78 is 15.5. The van der Waals surface area contributed by atoms with Crippen LogP contribution in [0.1, 0.15) is 20.7 Å². The van der Waals surface area contributed by atoms with Crippen LogP contribution in [-0.4, -0.2) is 37.7 Å². The zero-order valence-corrected chi connectivity index (χ0v) is 19.4. The SMILES string of the molecule is COC(=O)c1ccc2cc(OC3=CC=NN(Oc4ccc5cc(C(=O)OC)ccc5c4)N3)ccc2c1. The molecule has 0 bridgehead atoms. The molecular weight excluding hydrogens is 462 g/mol. The van der Waals surface area contributed by atoms with Crippen LogP contribution in [0, 0.1) is 0 Å². The normalized spacial score (nSPS) is 12.6. The smallest absolute Gasteiger partial charge is 0.337 e. The summed E-state index contributed by atoms with van der Waals surface area (Å²) in [6.45, 7) is 0. The molecule has 180 valence electrons. The minimum absolute atomic E-state index is 0.384. The lowest BCUT2D eigenvalue weighted by Crippen LogP contribution is -2.39. The summed E-state index contributed by atoms with van der Waals surface area (Å²) in [6, 6.07) is 21.6. The molecule has 1 aliphatic heterocycles. The second-order valence-electron chi connectivity index (χ2n) is 7.80. The lowest BCUT2D eigenvalue weighted by atomic mass is 10.1. The van der Waals surface area contributed by atoms with Gasteiger partial charge in [0, 0.05) is 6.08 Å². The van der Waals surface area contributed by atoms with Crippen molar-refractivity contribution in [2.75, 3.05) is 14.2 Å². The standard InChI is InChI=1S/C27H21N3O6/c1-33-26(31)21-5-3-19-15-23(9-7-17(19)13-21)35-25-11-12-28-30(29-25)36-24-10-8-18-14-22(27(32)34-2)6-4-20(18)16-24/h3-16,29H,1-2H3. The van der Waals surface area contributed by atoms with Crippen LogP contribution < -0.4 is 15.0 Å². The van der Waals surface area contributed by atoms with E-state index in [0.717, 1.165) is 21.5 Å². The van der Waals surface area contributed by atoms with E-state index in [-0.39, 0.29) is 11.9 Å². The summed E-state index contributed by atoms with van der Waals surface area (Å²) in [5.74, 6) is 0.756. The van der Waals surface area contributed by atoms with Crippen LogP contribution in [0.4, 0.5) is 0 Å². The van der Waals surface area contributed by atoms with Crippen LogP contribution in [0.25, 0.3) is 21.5 Å². The molecule has 1 N–H and O–H groups in total. The molecule has 0 aliphatic carbocycles. The third-order valence-electron chi connectivity index (χ3n) is 5.49. The van der Waals surface area contributed by atoms with E-state index in [2.05, 4.69) is 10.5 Å². The van der Waals surface area contributed by atoms with Crippen molar-refractivity contribution in [1.82, 2.24) is 10.7 Å². The van der Waals surface area contributed by atoms with Crippen LogP contribution in [0.2, 0.25) is 0 Å². The Morgan fingerprint density at radius 1 is 0.722 bits per heavy atom. The maximum Gasteiger partial charge on any atom is 0.337 e. The van der Waals surface area contributed by atoms with Gasteiger partial charge < -0.3 is 19.0 Å². The predicted molar refractivity (Wildman–Crippen MR) is 133 cm³/mol. The molecule has 0 amide bonds. The largest absolute Gasteiger partial charge is 0.465 e. The first-order valence-electron chi connectivity index (χ1n) is 10.9. The highest BCUT2D eigenvalue weighted by Gasteiger charge is 2.13. The van der Waals surface area contributed by atoms with Gasteiger partial charge in [-0.1, -0.05) is 24.3 Å². The number of ether oxygens (including phenoxy) is 3. The zero-order valence-electron chi connectivity index (χ0n) is 19.4. The Morgan fingerprint density at radius 2 is 1.25 bits per heavy atom. The highest BCUT2D eigenvalue weighted by Crippen LogP contribution is 2.25. The Morgan fingerprint density at radius 3 is 1.86 bits per heavy atom. The molecule has 4 aromatic rings. The van der Waals surface area contributed by atoms with Crippen molar-refractivity contribution in [3.05, 3.63) is 95.9 Å². The number of esters is 2. The average molecular weight is 483 g/mol. The Hall–Kier alpha value is -5.05. The summed E-state index contributed by atoms with van der Waals surface area (Å²) in [6.07, 6.45) is 3.21. The number of hydrogen-bond donors (Lipinski definition) is 1. The first-order valence-corrected chi connectivity index (χ1v) is 10.9. The van der Waals surface area contributed by atoms with Crippen LogP contribution in [0.5, 0.6) is 11.5 Å². The van der Waals surface area contributed by atoms with Crippen molar-refractivity contribution in [2.45, 2.75) is 0 Å². The molecule has 0 atom stereocenters. The molecule has 0 fully saturated rings. The number of hydrazine groups is 1. The molecule has 0 saturated carbocycles. The van der Waals surface area contributed by atoms with E-state index in [9.17, 15) is 9.59 Å². The monoisotopic (exact) mass is 483 g/mol. The number of methoxy groups -OCH3 is 2. The van der Waals surface area contributed by atoms with Crippen molar-refractivity contribution in [3.63, 3.8) is 0 Å². The summed E-state index contributed by atoms with van der Waals surface area (Å²) in [7, 11) is 2.71. The van der Waals surface area contributed by atoms with Gasteiger partial charge in [-0.25, -0.2) is 15.0 Å². The number of hydrazone groups is 1. The molecule has 1 aliphatic rings. The Kier molecular flexibility index (Phi) is 6.10. The number of hydrogen-bond acceptors (Lipinski definition) is 9. The topological polar surface area (TPSA) is 98.7 Å². The Balaban J connectivity index is 1.26. The van der Waals surface area contributed by atoms with Gasteiger partial charge in [-0.2, -0.15) is 0 Å². The third kappa shape index (κ3) is 4.76. The maximum absolute atomic E-state index is 11.8. The lowest BCUT2D eigenvalue weighted by molar-refractivity contribution is -0.104. The van der Waals surface area contributed by atoms with E-state index in [1.54, 1.807) is 48.7 Å². The molecule has 4 aromatic carbocycles. The zero-order chi connectivity index (χ0) is 25.1. The first-order chi connectivity index (χ1) is 17.5. The van der Waals surface area contributed by atoms with E-state index in [1.165, 1.54) is 19.5 Å². The van der Waals surface area contributed by atoms with E-state index in [4.69, 9.17) is 19.0 Å². The molecule has 0 aromatic heterocycles. The summed E-state index contributed by atoms with van der Waals surface area (Å²) >= 11 is 0. The lowest BCUT2D eigenvalue weighted by Gasteiger charge is -2.23. The van der Waals surface area contributed by atoms with Crippen molar-refractivity contribution >= 4 is 39.7 Å². The van der Waals surface area contributed by atoms with Crippen LogP contribution in [0.3, 0.4) is 0 Å². The summed E-state index contributed by atoms with van der Waals surface area (Å²) in [5, 5.41) is 8.88. The minimum atomic E-state index is -0.388. The number of rotatable bonds is 6. The number of nitrogens with zero attached hydrogens (tertiary/aromatic N) is 2. The minimum Gasteiger partial charge on any atom is -0.465 e. The number of nitrogens with one attached hydrogen (secondary N) is 1. The number of carbonyl (C=O) groups is 2. The predicted octanol–water partition coefficient (Wildman–Crippen LogP) is 4.59. The van der Waals surface area contributed by atoms with Gasteiger partial charge in [-0.15, -0.1) is 5.10 Å². The van der Waals surface area contributed by atoms with Crippen LogP contribution in [-0.2, 0) is 9.47 Å². The molecule has 36 heavy (non-hydrogen) atoms. The fourth-order valence-corrected chi connectivity index (χ4v) is 3.71. The summed E-state index contributed by atoms with van der Waals surface area (Å²) in [5.41, 5.74) is 3.90. The van der Waals surface area contributed by atoms with Gasteiger partial charge in [0.1, 0.15) is 5.75 Å². The molecule has 0 spiro atoms. The van der Waals surface area contributed by atoms with Crippen molar-refractivity contribution < 1.29 is 28.6 Å². The van der Waals surface area contributed by atoms with Crippen molar-refractivity contribution in [1.29, 1.82) is 0 Å². The van der Waals surface area contributed by atoms with Gasteiger partial charge in [-0.05, 0) is 75.4 Å². The molecule has 9 heteroatoms. The average Bonchev–Trinajstić information content (AvgIpc) is 2.91. The first kappa shape index (κ1) is 22.7. The molecule has 0 saturated heterocycles. The van der Waals surface area contributed by atoms with E-state index in [1.807, 2.05) is 36.4 Å². The molecule has 5 rings (SSSR count). The number of allylic oxidation sites excluding steroid dienone is 1. The fraction of sp³-hybridized carbons (Fsp3) is 0.0741. The Labute approximate surface area is 206 Å². The highest BCUT2D eigenvalue weighted by atomic mass is 16.7. The fourth-order valence-electron chi connectivity index (χ4n) is 3.71. The van der Waals surface area contributed by atoms with Gasteiger partial charge in [0.05, 0.1) is 31.6 Å². The molecule has 9 nitrogen and oxygen atoms in total. The number of benzene rings is 4. The van der Waals surface area contributed by atoms with E-state index in [0.29, 0.717) is 28.5 Å². The van der Waals surface area contributed by atoms with Gasteiger partial charge in [-0.3, -0.25) is 0 Å². The second-order valence-corrected chi connectivity index (χ2v) is 7.80. The number of carbonyl (C=O) groups excluding carboxylic acids is 2. The van der Waals surface area contributed by atoms with Crippen LogP contribution in [0.15, 0.2) is 89.9 Å². The van der Waals surface area contributed by atoms with Gasteiger partial charge in [0.2, 0.25) is 5.88 Å². The van der Waals surface area contributed by atoms with Crippen molar-refractivity contribution in [2.24, 2.45) is 5.10 Å². The molecule has 0 radical (unpaired) electrons. The van der Waals surface area contributed by atoms with E-state index < -0.39 is 0 Å². The Bertz CT molecular complexity index is 1550. The molecular formula is C27H21N3O6. The van der Waals surface area contributed by atoms with Gasteiger partial charge in [0.25, 0.3) is 0 Å². The maximum atomic E-state index is 11.8. The molecule has 0 unspecified atom stereocenters. The van der Waals surface area contributed by atoms with Crippen molar-refractivity contribution in [3.8, 4) is 11.5 Å². The third-order valence-corrected chi connectivity index (χ3v) is 5.49. The van der Waals surface area contributed by atoms with E-state index >= 15 is 0 Å². The number of fused-ring (bicyclic) bond motifs is 2. The quantitative estimate of drug-likeness (QED) is 0.398. The summed E-state index contributed by atoms with van der Waals surface area (Å²) in [4.78, 5) is 29.3. The highest BCUT2D eigenvalue weighted by molar-refractivity contribution is 5.96. The van der Waals surface area contributed by atoms with Gasteiger partial charge >= 0.3 is 11.9 Å².